The van der Waals surface area contributed by atoms with Crippen molar-refractivity contribution in [2.75, 3.05) is 26.7 Å². The third-order valence-electron chi connectivity index (χ3n) is 7.74. The van der Waals surface area contributed by atoms with E-state index >= 15 is 0 Å². The number of hydrogen-bond donors (Lipinski definition) is 2. The number of benzene rings is 1. The van der Waals surface area contributed by atoms with Crippen LogP contribution in [0.2, 0.25) is 0 Å². The van der Waals surface area contributed by atoms with E-state index < -0.39 is 25.4 Å². The molecule has 0 aromatic heterocycles. The van der Waals surface area contributed by atoms with E-state index in [4.69, 9.17) is 5.26 Å². The second-order valence-electron chi connectivity index (χ2n) is 10.6. The Hall–Kier alpha value is -2.97. The van der Waals surface area contributed by atoms with Gasteiger partial charge in [-0.05, 0) is 57.2 Å². The van der Waals surface area contributed by atoms with Crippen LogP contribution in [-0.2, 0) is 26.0 Å². The number of sulfone groups is 1. The number of nitriles is 1. The summed E-state index contributed by atoms with van der Waals surface area (Å²) in [5.41, 5.74) is 1.69. The second-order valence-corrected chi connectivity index (χ2v) is 13.5. The number of piperidine rings is 1. The predicted molar refractivity (Wildman–Crippen MR) is 133 cm³/mol. The monoisotopic (exact) mass is 515 g/mol. The Balaban J connectivity index is 1.41. The normalized spacial score (nSPS) is 23.1. The van der Waals surface area contributed by atoms with E-state index in [1.165, 1.54) is 5.01 Å². The summed E-state index contributed by atoms with van der Waals surface area (Å²) in [6.07, 6.45) is 1.65. The number of carbonyl (C=O) groups is 2. The molecule has 194 valence electrons. The number of hydrogen-bond acceptors (Lipinski definition) is 8. The Bertz CT molecular complexity index is 1210. The lowest BCUT2D eigenvalue weighted by Gasteiger charge is -2.39. The highest BCUT2D eigenvalue weighted by Gasteiger charge is 2.61. The quantitative estimate of drug-likeness (QED) is 0.495. The van der Waals surface area contributed by atoms with Crippen LogP contribution in [0.4, 0.5) is 0 Å². The van der Waals surface area contributed by atoms with Gasteiger partial charge in [0.1, 0.15) is 11.8 Å². The molecule has 1 saturated heterocycles. The van der Waals surface area contributed by atoms with Gasteiger partial charge in [0.05, 0.1) is 21.1 Å². The minimum atomic E-state index is -3.59. The third kappa shape index (κ3) is 4.48. The molecule has 11 heteroatoms. The van der Waals surface area contributed by atoms with Gasteiger partial charge in [0.25, 0.3) is 5.91 Å². The van der Waals surface area contributed by atoms with Gasteiger partial charge in [0.2, 0.25) is 5.91 Å². The highest BCUT2D eigenvalue weighted by Crippen LogP contribution is 2.50. The summed E-state index contributed by atoms with van der Waals surface area (Å²) >= 11 is 0. The number of fused-ring (bicyclic) bond motifs is 1. The fourth-order valence-corrected chi connectivity index (χ4v) is 7.76. The van der Waals surface area contributed by atoms with Crippen molar-refractivity contribution in [3.63, 3.8) is 0 Å². The van der Waals surface area contributed by atoms with Crippen molar-refractivity contribution < 1.29 is 23.1 Å². The van der Waals surface area contributed by atoms with Gasteiger partial charge in [-0.25, -0.2) is 8.42 Å². The molecule has 1 aromatic carbocycles. The van der Waals surface area contributed by atoms with Gasteiger partial charge in [-0.15, -0.1) is 0 Å². The summed E-state index contributed by atoms with van der Waals surface area (Å²) in [4.78, 5) is 28.0. The van der Waals surface area contributed by atoms with Gasteiger partial charge in [-0.3, -0.25) is 14.6 Å². The molecule has 2 amide bonds. The molecule has 0 spiro atoms. The lowest BCUT2D eigenvalue weighted by molar-refractivity contribution is -0.140. The number of rotatable bonds is 9. The Morgan fingerprint density at radius 1 is 1.31 bits per heavy atom. The minimum Gasteiger partial charge on any atom is -0.396 e. The van der Waals surface area contributed by atoms with Crippen LogP contribution in [-0.4, -0.2) is 83.2 Å². The van der Waals surface area contributed by atoms with Gasteiger partial charge < -0.3 is 15.3 Å². The summed E-state index contributed by atoms with van der Waals surface area (Å²) < 4.78 is 24.8. The predicted octanol–water partition coefficient (Wildman–Crippen LogP) is 0.801. The maximum absolute atomic E-state index is 13.5. The van der Waals surface area contributed by atoms with E-state index in [0.29, 0.717) is 37.1 Å². The maximum Gasteiger partial charge on any atom is 0.268 e. The van der Waals surface area contributed by atoms with Crippen LogP contribution in [0.3, 0.4) is 0 Å². The number of likely N-dealkylation sites (N-methyl/N-ethyl adjacent to an activating group) is 1. The number of likely N-dealkylation sites (tertiary alicyclic amines) is 1. The summed E-state index contributed by atoms with van der Waals surface area (Å²) in [6.45, 7) is 3.80. The lowest BCUT2D eigenvalue weighted by Crippen LogP contribution is -2.57. The molecule has 2 unspecified atom stereocenters. The molecule has 2 atom stereocenters. The minimum absolute atomic E-state index is 0.125. The zero-order chi connectivity index (χ0) is 26.3. The summed E-state index contributed by atoms with van der Waals surface area (Å²) in [5.74, 6) is -0.918. The highest BCUT2D eigenvalue weighted by atomic mass is 32.2. The van der Waals surface area contributed by atoms with Crippen molar-refractivity contribution in [3.05, 3.63) is 35.4 Å². The molecule has 2 fully saturated rings. The molecule has 10 nitrogen and oxygen atoms in total. The van der Waals surface area contributed by atoms with Crippen molar-refractivity contribution in [1.29, 1.82) is 5.26 Å². The fourth-order valence-electron chi connectivity index (χ4n) is 5.26. The van der Waals surface area contributed by atoms with Crippen LogP contribution >= 0.6 is 0 Å². The van der Waals surface area contributed by atoms with E-state index in [0.717, 1.165) is 5.56 Å². The zero-order valence-electron chi connectivity index (χ0n) is 20.9. The fraction of sp³-hybridized carbons (Fsp3) is 0.600. The van der Waals surface area contributed by atoms with Gasteiger partial charge in [-0.2, -0.15) is 10.4 Å². The van der Waals surface area contributed by atoms with Crippen LogP contribution < -0.4 is 5.32 Å². The Morgan fingerprint density at radius 2 is 1.97 bits per heavy atom. The third-order valence-corrected chi connectivity index (χ3v) is 11.1. The Morgan fingerprint density at radius 3 is 2.56 bits per heavy atom. The number of amides is 2. The molecule has 1 saturated carbocycles. The first-order valence-corrected chi connectivity index (χ1v) is 13.7. The molecule has 0 bridgehead atoms. The highest BCUT2D eigenvalue weighted by molar-refractivity contribution is 7.94. The molecule has 2 heterocycles. The van der Waals surface area contributed by atoms with Gasteiger partial charge >= 0.3 is 0 Å². The Labute approximate surface area is 211 Å². The van der Waals surface area contributed by atoms with Crippen LogP contribution in [0.15, 0.2) is 29.4 Å². The number of nitrogens with one attached hydrogen (secondary N) is 1. The van der Waals surface area contributed by atoms with E-state index in [2.05, 4.69) is 16.5 Å². The van der Waals surface area contributed by atoms with Crippen molar-refractivity contribution in [1.82, 2.24) is 15.2 Å². The molecule has 1 aliphatic carbocycles. The maximum atomic E-state index is 13.5. The van der Waals surface area contributed by atoms with Crippen LogP contribution in [0.25, 0.3) is 0 Å². The van der Waals surface area contributed by atoms with E-state index in [-0.39, 0.29) is 43.8 Å². The summed E-state index contributed by atoms with van der Waals surface area (Å²) in [6, 6.07) is 8.33. The molecule has 2 aliphatic heterocycles. The first-order valence-electron chi connectivity index (χ1n) is 12.2. The molecule has 1 aromatic rings. The average molecular weight is 516 g/mol. The molecule has 0 radical (unpaired) electrons. The van der Waals surface area contributed by atoms with Crippen LogP contribution in [0, 0.1) is 17.2 Å². The smallest absolute Gasteiger partial charge is 0.268 e. The topological polar surface area (TPSA) is 143 Å². The van der Waals surface area contributed by atoms with Gasteiger partial charge in [0, 0.05) is 39.2 Å². The number of aliphatic hydroxyl groups excluding tert-OH is 1. The summed E-state index contributed by atoms with van der Waals surface area (Å²) in [5, 5.41) is 27.0. The first-order chi connectivity index (χ1) is 17.0. The zero-order valence-corrected chi connectivity index (χ0v) is 21.7. The number of carbonyl (C=O) groups excluding carboxylic acids is 2. The average Bonchev–Trinajstić information content (AvgIpc) is 3.56. The van der Waals surface area contributed by atoms with Crippen molar-refractivity contribution in [2.24, 2.45) is 11.0 Å². The molecule has 2 N–H and O–H groups in total. The van der Waals surface area contributed by atoms with Crippen molar-refractivity contribution in [2.45, 2.75) is 61.6 Å². The second kappa shape index (κ2) is 9.48. The van der Waals surface area contributed by atoms with Crippen molar-refractivity contribution >= 4 is 27.4 Å². The molecule has 4 rings (SSSR count). The first kappa shape index (κ1) is 26.1. The van der Waals surface area contributed by atoms with Crippen molar-refractivity contribution in [3.8, 4) is 6.07 Å². The largest absolute Gasteiger partial charge is 0.396 e. The van der Waals surface area contributed by atoms with Crippen LogP contribution in [0.5, 0.6) is 0 Å². The van der Waals surface area contributed by atoms with Gasteiger partial charge in [0.15, 0.2) is 9.84 Å². The number of aliphatic hydroxyl groups is 1. The van der Waals surface area contributed by atoms with E-state index in [9.17, 15) is 23.1 Å². The molecule has 36 heavy (non-hydrogen) atoms. The number of nitrogens with zero attached hydrogens (tertiary/aromatic N) is 4. The van der Waals surface area contributed by atoms with Crippen LogP contribution in [0.1, 0.15) is 50.7 Å². The molecular formula is C25H33N5O5S. The van der Waals surface area contributed by atoms with Gasteiger partial charge in [-0.1, -0.05) is 12.1 Å². The standard InChI is InChI=1S/C25H33N5O5S/c1-24(2,11-13-31)36(34,35)25(9-10-25)16-30-12-8-19-20(28-29(3)21(19)23(30)33)22(32)27-15-18-6-4-17(14-26)5-7-18/h4-7,19,21,31H,8-13,15-16H2,1-3H3,(H,27,32). The lowest BCUT2D eigenvalue weighted by atomic mass is 9.87. The molecular weight excluding hydrogens is 482 g/mol. The molecule has 3 aliphatic rings. The van der Waals surface area contributed by atoms with E-state index in [1.807, 2.05) is 0 Å². The SMILES string of the molecule is CN1N=C(C(=O)NCc2ccc(C#N)cc2)C2CCN(CC3(S(=O)(=O)C(C)(C)CCO)CC3)C(=O)C21. The number of hydrazone groups is 1. The van der Waals surface area contributed by atoms with E-state index in [1.54, 1.807) is 50.1 Å². The summed E-state index contributed by atoms with van der Waals surface area (Å²) in [7, 11) is -1.93. The Kier molecular flexibility index (Phi) is 6.88.